The monoisotopic (exact) mass is 358 g/mol. The van der Waals surface area contributed by atoms with Crippen LogP contribution in [0, 0.1) is 5.92 Å². The molecule has 1 aliphatic rings. The standard InChI is InChI=1S/C21H34N4O/c1-22-21(23-15-7-10-17-8-5-4-6-9-17)24-16-18-11-13-19(14-12-18)20(26)25(2)3/h11-14,17H,4-10,15-16H2,1-3H3,(H2,22,23,24). The molecule has 2 N–H and O–H groups in total. The highest BCUT2D eigenvalue weighted by molar-refractivity contribution is 5.93. The van der Waals surface area contributed by atoms with E-state index in [1.807, 2.05) is 24.3 Å². The molecule has 0 aromatic heterocycles. The number of amides is 1. The molecule has 0 aliphatic heterocycles. The zero-order valence-corrected chi connectivity index (χ0v) is 16.6. The van der Waals surface area contributed by atoms with Crippen LogP contribution < -0.4 is 10.6 Å². The lowest BCUT2D eigenvalue weighted by Crippen LogP contribution is -2.37. The van der Waals surface area contributed by atoms with Crippen LogP contribution in [-0.4, -0.2) is 44.5 Å². The molecule has 1 aromatic rings. The third-order valence-corrected chi connectivity index (χ3v) is 5.10. The van der Waals surface area contributed by atoms with E-state index in [0.29, 0.717) is 12.1 Å². The topological polar surface area (TPSA) is 56.7 Å². The molecular weight excluding hydrogens is 324 g/mol. The van der Waals surface area contributed by atoms with Gasteiger partial charge >= 0.3 is 0 Å². The first-order valence-electron chi connectivity index (χ1n) is 9.85. The van der Waals surface area contributed by atoms with Crippen LogP contribution in [0.25, 0.3) is 0 Å². The number of benzene rings is 1. The Bertz CT molecular complexity index is 574. The Hall–Kier alpha value is -2.04. The number of nitrogens with one attached hydrogen (secondary N) is 2. The van der Waals surface area contributed by atoms with Crippen LogP contribution >= 0.6 is 0 Å². The molecule has 5 heteroatoms. The molecule has 0 spiro atoms. The molecule has 2 rings (SSSR count). The number of carbonyl (C=O) groups excluding carboxylic acids is 1. The van der Waals surface area contributed by atoms with Crippen LogP contribution in [-0.2, 0) is 6.54 Å². The number of guanidine groups is 1. The van der Waals surface area contributed by atoms with Crippen LogP contribution in [0.5, 0.6) is 0 Å². The van der Waals surface area contributed by atoms with Crippen molar-refractivity contribution in [3.8, 4) is 0 Å². The maximum Gasteiger partial charge on any atom is 0.253 e. The molecular formula is C21H34N4O. The van der Waals surface area contributed by atoms with Gasteiger partial charge in [0.15, 0.2) is 5.96 Å². The Labute approximate surface area is 158 Å². The van der Waals surface area contributed by atoms with E-state index in [2.05, 4.69) is 15.6 Å². The van der Waals surface area contributed by atoms with Crippen LogP contribution in [0.4, 0.5) is 0 Å². The summed E-state index contributed by atoms with van der Waals surface area (Å²) in [7, 11) is 5.33. The highest BCUT2D eigenvalue weighted by Gasteiger charge is 2.12. The summed E-state index contributed by atoms with van der Waals surface area (Å²) in [4.78, 5) is 17.8. The average Bonchev–Trinajstić information content (AvgIpc) is 2.68. The van der Waals surface area contributed by atoms with E-state index in [1.165, 1.54) is 44.9 Å². The highest BCUT2D eigenvalue weighted by Crippen LogP contribution is 2.26. The predicted octanol–water partition coefficient (Wildman–Crippen LogP) is 3.41. The second-order valence-electron chi connectivity index (χ2n) is 7.40. The molecule has 0 bridgehead atoms. The Kier molecular flexibility index (Phi) is 8.45. The molecule has 1 aliphatic carbocycles. The van der Waals surface area contributed by atoms with Gasteiger partial charge in [-0.15, -0.1) is 0 Å². The van der Waals surface area contributed by atoms with Crippen molar-refractivity contribution in [1.29, 1.82) is 0 Å². The zero-order chi connectivity index (χ0) is 18.8. The molecule has 1 saturated carbocycles. The summed E-state index contributed by atoms with van der Waals surface area (Å²) in [6.07, 6.45) is 9.62. The number of rotatable bonds is 7. The van der Waals surface area contributed by atoms with Crippen molar-refractivity contribution in [1.82, 2.24) is 15.5 Å². The third kappa shape index (κ3) is 6.70. The molecule has 0 saturated heterocycles. The summed E-state index contributed by atoms with van der Waals surface area (Å²) in [6, 6.07) is 7.72. The maximum absolute atomic E-state index is 11.9. The van der Waals surface area contributed by atoms with Crippen molar-refractivity contribution >= 4 is 11.9 Å². The number of aliphatic imine (C=N–C) groups is 1. The van der Waals surface area contributed by atoms with E-state index in [-0.39, 0.29) is 5.91 Å². The van der Waals surface area contributed by atoms with Gasteiger partial charge in [0.1, 0.15) is 0 Å². The Morgan fingerprint density at radius 3 is 2.42 bits per heavy atom. The van der Waals surface area contributed by atoms with Gasteiger partial charge in [0.25, 0.3) is 5.91 Å². The fourth-order valence-corrected chi connectivity index (χ4v) is 3.50. The van der Waals surface area contributed by atoms with Crippen molar-refractivity contribution < 1.29 is 4.79 Å². The predicted molar refractivity (Wildman–Crippen MR) is 108 cm³/mol. The van der Waals surface area contributed by atoms with Crippen LogP contribution in [0.15, 0.2) is 29.3 Å². The zero-order valence-electron chi connectivity index (χ0n) is 16.6. The fourth-order valence-electron chi connectivity index (χ4n) is 3.50. The number of hydrogen-bond acceptors (Lipinski definition) is 2. The first-order chi connectivity index (χ1) is 12.6. The number of nitrogens with zero attached hydrogens (tertiary/aromatic N) is 2. The smallest absolute Gasteiger partial charge is 0.253 e. The molecule has 1 amide bonds. The Morgan fingerprint density at radius 1 is 1.12 bits per heavy atom. The van der Waals surface area contributed by atoms with E-state index in [0.717, 1.165) is 24.0 Å². The first-order valence-corrected chi connectivity index (χ1v) is 9.85. The summed E-state index contributed by atoms with van der Waals surface area (Å²) in [6.45, 7) is 1.66. The lowest BCUT2D eigenvalue weighted by Gasteiger charge is -2.21. The third-order valence-electron chi connectivity index (χ3n) is 5.10. The van der Waals surface area contributed by atoms with Gasteiger partial charge in [-0.1, -0.05) is 44.2 Å². The van der Waals surface area contributed by atoms with Crippen molar-refractivity contribution in [3.63, 3.8) is 0 Å². The molecule has 1 aromatic carbocycles. The molecule has 144 valence electrons. The summed E-state index contributed by atoms with van der Waals surface area (Å²) in [5, 5.41) is 6.74. The minimum absolute atomic E-state index is 0.0277. The van der Waals surface area contributed by atoms with Crippen molar-refractivity contribution in [2.45, 2.75) is 51.5 Å². The molecule has 26 heavy (non-hydrogen) atoms. The van der Waals surface area contributed by atoms with Gasteiger partial charge < -0.3 is 15.5 Å². The van der Waals surface area contributed by atoms with Crippen LogP contribution in [0.2, 0.25) is 0 Å². The average molecular weight is 359 g/mol. The SMILES string of the molecule is CN=C(NCCCC1CCCCC1)NCc1ccc(C(=O)N(C)C)cc1. The van der Waals surface area contributed by atoms with Crippen molar-refractivity contribution in [2.75, 3.05) is 27.7 Å². The van der Waals surface area contributed by atoms with Crippen molar-refractivity contribution in [3.05, 3.63) is 35.4 Å². The normalized spacial score (nSPS) is 15.6. The van der Waals surface area contributed by atoms with Gasteiger partial charge in [-0.25, -0.2) is 0 Å². The first kappa shape index (κ1) is 20.3. The van der Waals surface area contributed by atoms with Gasteiger partial charge in [-0.05, 0) is 36.5 Å². The molecule has 1 fully saturated rings. The molecule has 5 nitrogen and oxygen atoms in total. The van der Waals surface area contributed by atoms with Gasteiger partial charge in [-0.2, -0.15) is 0 Å². The van der Waals surface area contributed by atoms with Gasteiger partial charge in [0.2, 0.25) is 0 Å². The quantitative estimate of drug-likeness (QED) is 0.446. The van der Waals surface area contributed by atoms with Crippen LogP contribution in [0.3, 0.4) is 0 Å². The summed E-state index contributed by atoms with van der Waals surface area (Å²) < 4.78 is 0. The van der Waals surface area contributed by atoms with Gasteiger partial charge in [0, 0.05) is 39.8 Å². The van der Waals surface area contributed by atoms with E-state index < -0.39 is 0 Å². The number of hydrogen-bond donors (Lipinski definition) is 2. The fraction of sp³-hybridized carbons (Fsp3) is 0.619. The van der Waals surface area contributed by atoms with Crippen molar-refractivity contribution in [2.24, 2.45) is 10.9 Å². The molecule has 0 heterocycles. The largest absolute Gasteiger partial charge is 0.356 e. The second kappa shape index (κ2) is 10.8. The molecule has 0 unspecified atom stereocenters. The van der Waals surface area contributed by atoms with Crippen LogP contribution in [0.1, 0.15) is 60.9 Å². The maximum atomic E-state index is 11.9. The Morgan fingerprint density at radius 2 is 1.81 bits per heavy atom. The van der Waals surface area contributed by atoms with Gasteiger partial charge in [0.05, 0.1) is 0 Å². The lowest BCUT2D eigenvalue weighted by atomic mass is 9.86. The number of carbonyl (C=O) groups is 1. The van der Waals surface area contributed by atoms with E-state index >= 15 is 0 Å². The minimum Gasteiger partial charge on any atom is -0.356 e. The van der Waals surface area contributed by atoms with E-state index in [1.54, 1.807) is 26.0 Å². The highest BCUT2D eigenvalue weighted by atomic mass is 16.2. The van der Waals surface area contributed by atoms with E-state index in [9.17, 15) is 4.79 Å². The van der Waals surface area contributed by atoms with Gasteiger partial charge in [-0.3, -0.25) is 9.79 Å². The summed E-state index contributed by atoms with van der Waals surface area (Å²) >= 11 is 0. The minimum atomic E-state index is 0.0277. The molecule has 0 atom stereocenters. The lowest BCUT2D eigenvalue weighted by molar-refractivity contribution is 0.0827. The Balaban J connectivity index is 1.68. The summed E-state index contributed by atoms with van der Waals surface area (Å²) in [5.74, 6) is 1.80. The van der Waals surface area contributed by atoms with E-state index in [4.69, 9.17) is 0 Å². The summed E-state index contributed by atoms with van der Waals surface area (Å²) in [5.41, 5.74) is 1.84. The second-order valence-corrected chi connectivity index (χ2v) is 7.40. The molecule has 0 radical (unpaired) electrons.